The Labute approximate surface area is 450 Å². The molecule has 1 atom stereocenters. The molecule has 1 aliphatic rings. The highest BCUT2D eigenvalue weighted by molar-refractivity contribution is 7.30. The number of fused-ring (bicyclic) bond motifs is 1. The van der Waals surface area contributed by atoms with Gasteiger partial charge in [0.1, 0.15) is 16.6 Å². The number of hydrogen-bond donors (Lipinski definition) is 0. The smallest absolute Gasteiger partial charge is 0.261 e. The van der Waals surface area contributed by atoms with Crippen molar-refractivity contribution in [2.24, 2.45) is 0 Å². The number of likely N-dealkylation sites (N-methyl/N-ethyl adjacent to an activating group) is 1. The van der Waals surface area contributed by atoms with Gasteiger partial charge < -0.3 is 23.9 Å². The molecule has 0 saturated heterocycles. The van der Waals surface area contributed by atoms with Crippen molar-refractivity contribution in [1.29, 1.82) is 10.5 Å². The molecule has 0 N–H and O–H groups in total. The van der Waals surface area contributed by atoms with E-state index in [1.54, 1.807) is 40.9 Å². The number of ether oxygens (including phenoxy) is 1. The summed E-state index contributed by atoms with van der Waals surface area (Å²) >= 11 is 5.28. The molecule has 9 rings (SSSR count). The number of anilines is 5. The van der Waals surface area contributed by atoms with Crippen LogP contribution in [0.5, 0.6) is 0 Å². The first-order chi connectivity index (χ1) is 35.8. The normalized spacial score (nSPS) is 15.6. The maximum atomic E-state index is 10.3. The van der Waals surface area contributed by atoms with Crippen molar-refractivity contribution >= 4 is 108 Å². The molecule has 7 nitrogen and oxygen atoms in total. The quantitative estimate of drug-likeness (QED) is 0.0664. The topological polar surface area (TPSA) is 75.8 Å². The number of nitriles is 2. The van der Waals surface area contributed by atoms with Gasteiger partial charge in [0, 0.05) is 79.5 Å². The first kappa shape index (κ1) is 51.7. The van der Waals surface area contributed by atoms with Gasteiger partial charge in [-0.05, 0) is 133 Å². The highest BCUT2D eigenvalue weighted by Crippen LogP contribution is 2.48. The summed E-state index contributed by atoms with van der Waals surface area (Å²) in [7, 11) is 1.49. The fraction of sp³-hybridized carbons (Fsp3) is 0.206. The molecule has 8 aromatic rings. The molecule has 5 aromatic carbocycles. The number of nitrogens with zero attached hydrogens (tertiary/aromatic N) is 5. The molecule has 3 aromatic heterocycles. The zero-order valence-corrected chi connectivity index (χ0v) is 46.7. The molecule has 0 fully saturated rings. The molecule has 0 aliphatic carbocycles. The van der Waals surface area contributed by atoms with E-state index in [0.717, 1.165) is 56.0 Å². The Balaban J connectivity index is 0.936. The predicted octanol–water partition coefficient (Wildman–Crippen LogP) is 15.7. The Bertz CT molecular complexity index is 3370. The summed E-state index contributed by atoms with van der Waals surface area (Å²) in [5.41, 5.74) is 6.01. The van der Waals surface area contributed by atoms with E-state index >= 15 is 0 Å². The van der Waals surface area contributed by atoms with E-state index in [-0.39, 0.29) is 5.04 Å². The van der Waals surface area contributed by atoms with Crippen LogP contribution in [-0.2, 0) is 14.8 Å². The Morgan fingerprint density at radius 2 is 1.19 bits per heavy atom. The van der Waals surface area contributed by atoms with Gasteiger partial charge in [0.25, 0.3) is 8.32 Å². The molecular weight excluding hydrogens is 983 g/mol. The van der Waals surface area contributed by atoms with Crippen LogP contribution < -0.4 is 25.1 Å². The summed E-state index contributed by atoms with van der Waals surface area (Å²) in [4.78, 5) is 10.3. The molecule has 1 unspecified atom stereocenters. The van der Waals surface area contributed by atoms with E-state index in [9.17, 15) is 10.5 Å². The Morgan fingerprint density at radius 3 is 1.72 bits per heavy atom. The monoisotopic (exact) mass is 1040 g/mol. The molecule has 74 heavy (non-hydrogen) atoms. The minimum absolute atomic E-state index is 0.0855. The van der Waals surface area contributed by atoms with Crippen molar-refractivity contribution in [3.05, 3.63) is 213 Å². The molecule has 372 valence electrons. The van der Waals surface area contributed by atoms with Gasteiger partial charge in [-0.3, -0.25) is 0 Å². The second kappa shape index (κ2) is 22.1. The highest BCUT2D eigenvalue weighted by Gasteiger charge is 2.50. The summed E-state index contributed by atoms with van der Waals surface area (Å²) in [6.45, 7) is 15.1. The maximum Gasteiger partial charge on any atom is 0.261 e. The lowest BCUT2D eigenvalue weighted by Gasteiger charge is -2.43. The Hall–Kier alpha value is -7.22. The number of thiophene rings is 3. The van der Waals surface area contributed by atoms with Crippen LogP contribution in [0.1, 0.15) is 61.7 Å². The minimum atomic E-state index is -2.66. The average molecular weight is 1040 g/mol. The third-order valence-corrected chi connectivity index (χ3v) is 22.0. The number of allylic oxidation sites excluding steroid dienone is 2. The van der Waals surface area contributed by atoms with Crippen molar-refractivity contribution in [3.63, 3.8) is 0 Å². The minimum Gasteiger partial charge on any atom is -0.476 e. The van der Waals surface area contributed by atoms with Crippen molar-refractivity contribution in [2.45, 2.75) is 52.2 Å². The molecule has 0 radical (unpaired) electrons. The third kappa shape index (κ3) is 10.5. The van der Waals surface area contributed by atoms with E-state index in [1.807, 2.05) is 49.4 Å². The largest absolute Gasteiger partial charge is 0.476 e. The average Bonchev–Trinajstić information content (AvgIpc) is 4.21. The van der Waals surface area contributed by atoms with Crippen LogP contribution in [0.25, 0.3) is 27.6 Å². The lowest BCUT2D eigenvalue weighted by molar-refractivity contribution is 0.0750. The van der Waals surface area contributed by atoms with Gasteiger partial charge in [-0.1, -0.05) is 118 Å². The first-order valence-corrected chi connectivity index (χ1v) is 29.3. The van der Waals surface area contributed by atoms with Gasteiger partial charge in [-0.2, -0.15) is 10.5 Å². The third-order valence-electron chi connectivity index (χ3n) is 13.7. The molecular formula is C63H61N5O2S3Si. The van der Waals surface area contributed by atoms with Crippen molar-refractivity contribution in [3.8, 4) is 12.1 Å². The van der Waals surface area contributed by atoms with Crippen molar-refractivity contribution in [1.82, 2.24) is 0 Å². The molecule has 11 heteroatoms. The van der Waals surface area contributed by atoms with E-state index in [0.29, 0.717) is 23.5 Å². The van der Waals surface area contributed by atoms with Crippen LogP contribution >= 0.6 is 34.0 Å². The first-order valence-electron chi connectivity index (χ1n) is 24.9. The lowest BCUT2D eigenvalue weighted by atomic mass is 9.86. The summed E-state index contributed by atoms with van der Waals surface area (Å²) in [6, 6.07) is 62.8. The van der Waals surface area contributed by atoms with Crippen molar-refractivity contribution < 1.29 is 9.16 Å². The van der Waals surface area contributed by atoms with Crippen LogP contribution in [0.15, 0.2) is 192 Å². The van der Waals surface area contributed by atoms with Gasteiger partial charge in [-0.15, -0.1) is 34.0 Å². The SMILES string of the molecule is CCN(CCO[Si](c1ccccc1)(c1ccccc1)C(C)(C)C)c1ccc(N(c2ccc(N(C)C)cc2)c2cc3sc(/C=C/c4ccc(/C=C/C5=C(C#N)C(=C(\C)C#N)/OC5(C)c5ccccc5)s4)cc3s2)cc1. The fourth-order valence-corrected chi connectivity index (χ4v) is 17.6. The maximum absolute atomic E-state index is 10.3. The standard InChI is InChI=1S/C63H61N5O2S3Si/c1-9-67(39-40-69-74(62(3,4)5,54-21-15-11-16-22-54)55-23-17-12-18-24-55)48-27-31-50(32-28-48)68(49-29-25-47(26-30-49)66(7)8)60-42-59-58(73-60)41-53(72-59)36-35-51-33-34-52(71-51)37-38-57-56(44-65)61(45(2)43-64)70-63(57,6)46-19-13-10-14-20-46/h10-38,41-42H,9,39-40H2,1-8H3/b36-35+,38-37+,61-45-. The summed E-state index contributed by atoms with van der Waals surface area (Å²) < 4.78 is 16.2. The molecule has 0 saturated carbocycles. The van der Waals surface area contributed by atoms with Crippen molar-refractivity contribution in [2.75, 3.05) is 48.5 Å². The van der Waals surface area contributed by atoms with Gasteiger partial charge in [0.15, 0.2) is 11.4 Å². The molecule has 0 amide bonds. The molecule has 4 heterocycles. The number of benzene rings is 5. The van der Waals surface area contributed by atoms with E-state index in [1.165, 1.54) is 30.3 Å². The zero-order valence-electron chi connectivity index (χ0n) is 43.3. The highest BCUT2D eigenvalue weighted by atomic mass is 32.1. The predicted molar refractivity (Wildman–Crippen MR) is 318 cm³/mol. The zero-order chi connectivity index (χ0) is 52.0. The van der Waals surface area contributed by atoms with Crippen LogP contribution in [0.3, 0.4) is 0 Å². The molecule has 1 aliphatic heterocycles. The van der Waals surface area contributed by atoms with Crippen LogP contribution in [0.4, 0.5) is 27.8 Å². The summed E-state index contributed by atoms with van der Waals surface area (Å²) in [5, 5.41) is 23.7. The molecule has 0 bridgehead atoms. The van der Waals surface area contributed by atoms with E-state index < -0.39 is 13.9 Å². The fourth-order valence-electron chi connectivity index (χ4n) is 9.88. The van der Waals surface area contributed by atoms with Crippen LogP contribution in [0.2, 0.25) is 5.04 Å². The van der Waals surface area contributed by atoms with E-state index in [4.69, 9.17) is 9.16 Å². The van der Waals surface area contributed by atoms with Crippen LogP contribution in [0, 0.1) is 22.7 Å². The lowest BCUT2D eigenvalue weighted by Crippen LogP contribution is -2.67. The van der Waals surface area contributed by atoms with Crippen LogP contribution in [-0.4, -0.2) is 42.1 Å². The van der Waals surface area contributed by atoms with E-state index in [2.05, 4.69) is 214 Å². The summed E-state index contributed by atoms with van der Waals surface area (Å²) in [6.07, 6.45) is 8.37. The number of hydrogen-bond acceptors (Lipinski definition) is 10. The second-order valence-electron chi connectivity index (χ2n) is 19.7. The molecule has 0 spiro atoms. The Kier molecular flexibility index (Phi) is 15.4. The summed E-state index contributed by atoms with van der Waals surface area (Å²) in [5.74, 6) is 0.337. The number of rotatable bonds is 17. The van der Waals surface area contributed by atoms with Gasteiger partial charge >= 0.3 is 0 Å². The van der Waals surface area contributed by atoms with Gasteiger partial charge in [0.05, 0.1) is 18.2 Å². The Morgan fingerprint density at radius 1 is 0.662 bits per heavy atom. The van der Waals surface area contributed by atoms with Gasteiger partial charge in [0.2, 0.25) is 0 Å². The second-order valence-corrected chi connectivity index (χ2v) is 27.3. The van der Waals surface area contributed by atoms with Gasteiger partial charge in [-0.25, -0.2) is 0 Å².